The van der Waals surface area contributed by atoms with E-state index in [0.29, 0.717) is 0 Å². The Hall–Kier alpha value is -1.36. The van der Waals surface area contributed by atoms with Crippen LogP contribution >= 0.6 is 11.6 Å². The molecule has 1 fully saturated rings. The Labute approximate surface area is 141 Å². The number of nitrogens with one attached hydrogen (secondary N) is 1. The molecule has 0 atom stereocenters. The van der Waals surface area contributed by atoms with Gasteiger partial charge in [0, 0.05) is 18.7 Å². The molecule has 1 aromatic carbocycles. The number of ether oxygens (including phenoxy) is 1. The Balaban J connectivity index is 2.26. The monoisotopic (exact) mass is 386 g/mol. The van der Waals surface area contributed by atoms with E-state index in [-0.39, 0.29) is 41.8 Å². The molecule has 134 valence electrons. The number of hydrogen-bond acceptors (Lipinski definition) is 4. The highest BCUT2D eigenvalue weighted by Gasteiger charge is 2.30. The van der Waals surface area contributed by atoms with Gasteiger partial charge in [-0.3, -0.25) is 4.79 Å². The lowest BCUT2D eigenvalue weighted by Gasteiger charge is -2.26. The summed E-state index contributed by atoms with van der Waals surface area (Å²) in [7, 11) is -3.97. The van der Waals surface area contributed by atoms with Crippen LogP contribution in [-0.4, -0.2) is 57.7 Å². The summed E-state index contributed by atoms with van der Waals surface area (Å²) in [6, 6.07) is 3.29. The molecule has 0 aromatic heterocycles. The quantitative estimate of drug-likeness (QED) is 0.853. The van der Waals surface area contributed by atoms with Crippen molar-refractivity contribution in [3.63, 3.8) is 0 Å². The van der Waals surface area contributed by atoms with Gasteiger partial charge in [-0.2, -0.15) is 17.5 Å². The molecule has 0 bridgehead atoms. The zero-order chi connectivity index (χ0) is 18.0. The molecule has 0 radical (unpaired) electrons. The van der Waals surface area contributed by atoms with Crippen LogP contribution in [-0.2, 0) is 14.8 Å². The molecule has 1 N–H and O–H groups in total. The molecule has 1 aliphatic rings. The Morgan fingerprint density at radius 2 is 1.92 bits per heavy atom. The third kappa shape index (κ3) is 4.59. The third-order valence-electron chi connectivity index (χ3n) is 3.23. The lowest BCUT2D eigenvalue weighted by atomic mass is 10.2. The minimum Gasteiger partial charge on any atom is -0.379 e. The maximum Gasteiger partial charge on any atom is 0.405 e. The Kier molecular flexibility index (Phi) is 5.74. The van der Waals surface area contributed by atoms with Gasteiger partial charge >= 0.3 is 6.18 Å². The predicted molar refractivity (Wildman–Crippen MR) is 79.4 cm³/mol. The fourth-order valence-electron chi connectivity index (χ4n) is 2.05. The van der Waals surface area contributed by atoms with Crippen LogP contribution in [0.15, 0.2) is 23.1 Å². The van der Waals surface area contributed by atoms with Crippen LogP contribution in [0, 0.1) is 0 Å². The first-order chi connectivity index (χ1) is 11.1. The van der Waals surface area contributed by atoms with Crippen molar-refractivity contribution >= 4 is 27.5 Å². The number of carbonyl (C=O) groups excluding carboxylic acids is 1. The summed E-state index contributed by atoms with van der Waals surface area (Å²) in [5.74, 6) is -1.04. The predicted octanol–water partition coefficient (Wildman–Crippen LogP) is 1.65. The molecular formula is C13H14ClF3N2O4S. The van der Waals surface area contributed by atoms with E-state index in [0.717, 1.165) is 22.5 Å². The zero-order valence-corrected chi connectivity index (χ0v) is 13.8. The Morgan fingerprint density at radius 1 is 1.29 bits per heavy atom. The van der Waals surface area contributed by atoms with Gasteiger partial charge in [0.15, 0.2) is 0 Å². The fourth-order valence-corrected chi connectivity index (χ4v) is 3.96. The topological polar surface area (TPSA) is 75.7 Å². The summed E-state index contributed by atoms with van der Waals surface area (Å²) in [6.45, 7) is -0.808. The smallest absolute Gasteiger partial charge is 0.379 e. The average Bonchev–Trinajstić information content (AvgIpc) is 2.53. The largest absolute Gasteiger partial charge is 0.405 e. The van der Waals surface area contributed by atoms with Crippen molar-refractivity contribution in [3.8, 4) is 0 Å². The summed E-state index contributed by atoms with van der Waals surface area (Å²) in [5.41, 5.74) is -0.226. The minimum absolute atomic E-state index is 0.117. The number of halogens is 4. The summed E-state index contributed by atoms with van der Waals surface area (Å²) in [4.78, 5) is 11.4. The second kappa shape index (κ2) is 7.26. The number of benzene rings is 1. The molecule has 1 amide bonds. The highest BCUT2D eigenvalue weighted by molar-refractivity contribution is 7.89. The van der Waals surface area contributed by atoms with Gasteiger partial charge in [-0.05, 0) is 18.2 Å². The number of alkyl halides is 3. The normalized spacial score (nSPS) is 16.8. The highest BCUT2D eigenvalue weighted by Crippen LogP contribution is 2.26. The number of nitrogens with zero attached hydrogens (tertiary/aromatic N) is 1. The Bertz CT molecular complexity index is 718. The number of carbonyl (C=O) groups is 1. The van der Waals surface area contributed by atoms with Crippen LogP contribution in [0.1, 0.15) is 10.4 Å². The van der Waals surface area contributed by atoms with Gasteiger partial charge in [0.2, 0.25) is 10.0 Å². The molecule has 11 heteroatoms. The molecule has 0 unspecified atom stereocenters. The van der Waals surface area contributed by atoms with Gasteiger partial charge in [-0.15, -0.1) is 0 Å². The molecule has 6 nitrogen and oxygen atoms in total. The van der Waals surface area contributed by atoms with E-state index >= 15 is 0 Å². The number of sulfonamides is 1. The van der Waals surface area contributed by atoms with Crippen molar-refractivity contribution in [2.24, 2.45) is 0 Å². The first kappa shape index (κ1) is 19.0. The molecule has 1 aromatic rings. The zero-order valence-electron chi connectivity index (χ0n) is 12.3. The lowest BCUT2D eigenvalue weighted by Crippen LogP contribution is -2.40. The molecule has 24 heavy (non-hydrogen) atoms. The Morgan fingerprint density at radius 3 is 2.50 bits per heavy atom. The van der Waals surface area contributed by atoms with Crippen molar-refractivity contribution in [2.75, 3.05) is 32.8 Å². The maximum atomic E-state index is 12.6. The van der Waals surface area contributed by atoms with Crippen LogP contribution in [0.5, 0.6) is 0 Å². The van der Waals surface area contributed by atoms with E-state index in [1.54, 1.807) is 5.32 Å². The lowest BCUT2D eigenvalue weighted by molar-refractivity contribution is -0.123. The third-order valence-corrected chi connectivity index (χ3v) is 5.61. The van der Waals surface area contributed by atoms with Crippen molar-refractivity contribution in [3.05, 3.63) is 28.8 Å². The van der Waals surface area contributed by atoms with Crippen molar-refractivity contribution in [1.82, 2.24) is 9.62 Å². The van der Waals surface area contributed by atoms with E-state index in [1.165, 1.54) is 0 Å². The second-order valence-corrected chi connectivity index (χ2v) is 7.27. The van der Waals surface area contributed by atoms with Gasteiger partial charge in [0.05, 0.1) is 18.2 Å². The van der Waals surface area contributed by atoms with Crippen LogP contribution in [0.2, 0.25) is 5.02 Å². The standard InChI is InChI=1S/C13H14ClF3N2O4S/c14-10-2-1-9(12(20)18-8-13(15,16)17)7-11(10)24(21,22)19-3-5-23-6-4-19/h1-2,7H,3-6,8H2,(H,18,20). The van der Waals surface area contributed by atoms with Gasteiger partial charge in [-0.1, -0.05) is 11.6 Å². The van der Waals surface area contributed by atoms with E-state index < -0.39 is 28.7 Å². The van der Waals surface area contributed by atoms with E-state index in [1.807, 2.05) is 0 Å². The number of hydrogen-bond donors (Lipinski definition) is 1. The second-order valence-electron chi connectivity index (χ2n) is 4.96. The maximum absolute atomic E-state index is 12.6. The molecule has 2 rings (SSSR count). The van der Waals surface area contributed by atoms with Gasteiger partial charge in [-0.25, -0.2) is 8.42 Å². The first-order valence-corrected chi connectivity index (χ1v) is 8.65. The summed E-state index contributed by atoms with van der Waals surface area (Å²) < 4.78 is 67.8. The van der Waals surface area contributed by atoms with E-state index in [2.05, 4.69) is 0 Å². The molecule has 0 saturated carbocycles. The summed E-state index contributed by atoms with van der Waals surface area (Å²) >= 11 is 5.91. The minimum atomic E-state index is -4.56. The van der Waals surface area contributed by atoms with Crippen LogP contribution in [0.3, 0.4) is 0 Å². The molecule has 1 heterocycles. The van der Waals surface area contributed by atoms with Gasteiger partial charge in [0.25, 0.3) is 5.91 Å². The average molecular weight is 387 g/mol. The highest BCUT2D eigenvalue weighted by atomic mass is 35.5. The van der Waals surface area contributed by atoms with Crippen molar-refractivity contribution < 1.29 is 31.1 Å². The van der Waals surface area contributed by atoms with E-state index in [4.69, 9.17) is 16.3 Å². The van der Waals surface area contributed by atoms with Crippen LogP contribution in [0.4, 0.5) is 13.2 Å². The van der Waals surface area contributed by atoms with Crippen LogP contribution in [0.25, 0.3) is 0 Å². The van der Waals surface area contributed by atoms with Gasteiger partial charge < -0.3 is 10.1 Å². The summed E-state index contributed by atoms with van der Waals surface area (Å²) in [6.07, 6.45) is -4.56. The molecule has 0 spiro atoms. The summed E-state index contributed by atoms with van der Waals surface area (Å²) in [5, 5.41) is 1.56. The number of rotatable bonds is 4. The van der Waals surface area contributed by atoms with E-state index in [9.17, 15) is 26.4 Å². The molecular weight excluding hydrogens is 373 g/mol. The molecule has 1 saturated heterocycles. The molecule has 0 aliphatic carbocycles. The van der Waals surface area contributed by atoms with Crippen molar-refractivity contribution in [1.29, 1.82) is 0 Å². The number of amides is 1. The molecule has 1 aliphatic heterocycles. The van der Waals surface area contributed by atoms with Gasteiger partial charge in [0.1, 0.15) is 11.4 Å². The fraction of sp³-hybridized carbons (Fsp3) is 0.462. The van der Waals surface area contributed by atoms with Crippen molar-refractivity contribution in [2.45, 2.75) is 11.1 Å². The number of morpholine rings is 1. The SMILES string of the molecule is O=C(NCC(F)(F)F)c1ccc(Cl)c(S(=O)(=O)N2CCOCC2)c1. The first-order valence-electron chi connectivity index (χ1n) is 6.84. The van der Waals surface area contributed by atoms with Crippen LogP contribution < -0.4 is 5.32 Å².